The van der Waals surface area contributed by atoms with Crippen LogP contribution < -0.4 is 0 Å². The van der Waals surface area contributed by atoms with Crippen LogP contribution in [0.15, 0.2) is 42.5 Å². The fourth-order valence-electron chi connectivity index (χ4n) is 3.13. The van der Waals surface area contributed by atoms with Crippen LogP contribution in [0, 0.1) is 5.92 Å². The van der Waals surface area contributed by atoms with Crippen molar-refractivity contribution in [2.24, 2.45) is 5.92 Å². The molecule has 2 aromatic rings. The Morgan fingerprint density at radius 2 is 1.90 bits per heavy atom. The molecule has 3 rings (SSSR count). The molecule has 1 saturated carbocycles. The van der Waals surface area contributed by atoms with Gasteiger partial charge in [0.2, 0.25) is 0 Å². The summed E-state index contributed by atoms with van der Waals surface area (Å²) in [6.45, 7) is 1.83. The second-order valence-electron chi connectivity index (χ2n) is 6.10. The van der Waals surface area contributed by atoms with Gasteiger partial charge in [-0.1, -0.05) is 48.9 Å². The normalized spacial score (nSPS) is 17.4. The molecule has 0 amide bonds. The minimum atomic E-state index is -0.411. The third-order valence-corrected chi connectivity index (χ3v) is 4.46. The van der Waals surface area contributed by atoms with Crippen LogP contribution in [0.1, 0.15) is 30.9 Å². The molecule has 106 valence electrons. The summed E-state index contributed by atoms with van der Waals surface area (Å²) in [6.07, 6.45) is 3.68. The van der Waals surface area contributed by atoms with Crippen LogP contribution in [0.4, 0.5) is 0 Å². The number of aliphatic hydroxyl groups excluding tert-OH is 1. The average Bonchev–Trinajstić information content (AvgIpc) is 2.42. The SMILES string of the molecule is CN(CC1CCC1)CC(O)c1cccc2ccccc12. The van der Waals surface area contributed by atoms with Gasteiger partial charge in [-0.2, -0.15) is 0 Å². The van der Waals surface area contributed by atoms with Gasteiger partial charge in [-0.15, -0.1) is 0 Å². The highest BCUT2D eigenvalue weighted by molar-refractivity contribution is 5.85. The molecule has 1 unspecified atom stereocenters. The molecular formula is C18H23NO. The Morgan fingerprint density at radius 3 is 2.65 bits per heavy atom. The predicted molar refractivity (Wildman–Crippen MR) is 83.7 cm³/mol. The first kappa shape index (κ1) is 13.6. The highest BCUT2D eigenvalue weighted by atomic mass is 16.3. The van der Waals surface area contributed by atoms with Crippen molar-refractivity contribution in [1.29, 1.82) is 0 Å². The van der Waals surface area contributed by atoms with E-state index in [9.17, 15) is 5.11 Å². The van der Waals surface area contributed by atoms with Crippen LogP contribution in [-0.4, -0.2) is 30.1 Å². The first-order chi connectivity index (χ1) is 9.74. The van der Waals surface area contributed by atoms with E-state index in [2.05, 4.69) is 30.1 Å². The highest BCUT2D eigenvalue weighted by Crippen LogP contribution is 2.28. The van der Waals surface area contributed by atoms with Crippen molar-refractivity contribution in [3.8, 4) is 0 Å². The first-order valence-electron chi connectivity index (χ1n) is 7.58. The van der Waals surface area contributed by atoms with Crippen molar-refractivity contribution in [2.75, 3.05) is 20.1 Å². The third kappa shape index (κ3) is 2.87. The van der Waals surface area contributed by atoms with Crippen LogP contribution in [0.2, 0.25) is 0 Å². The Bertz CT molecular complexity index is 571. The van der Waals surface area contributed by atoms with Gasteiger partial charge in [0.25, 0.3) is 0 Å². The van der Waals surface area contributed by atoms with E-state index in [1.807, 2.05) is 24.3 Å². The maximum Gasteiger partial charge on any atom is 0.0922 e. The lowest BCUT2D eigenvalue weighted by atomic mass is 9.85. The number of hydrogen-bond acceptors (Lipinski definition) is 2. The molecule has 0 aromatic heterocycles. The quantitative estimate of drug-likeness (QED) is 0.896. The van der Waals surface area contributed by atoms with Crippen molar-refractivity contribution < 1.29 is 5.11 Å². The highest BCUT2D eigenvalue weighted by Gasteiger charge is 2.21. The van der Waals surface area contributed by atoms with Crippen molar-refractivity contribution in [3.63, 3.8) is 0 Å². The number of fused-ring (bicyclic) bond motifs is 1. The minimum Gasteiger partial charge on any atom is -0.387 e. The third-order valence-electron chi connectivity index (χ3n) is 4.46. The summed E-state index contributed by atoms with van der Waals surface area (Å²) in [5, 5.41) is 12.9. The van der Waals surface area contributed by atoms with Gasteiger partial charge >= 0.3 is 0 Å². The van der Waals surface area contributed by atoms with E-state index in [1.165, 1.54) is 30.0 Å². The number of nitrogens with zero attached hydrogens (tertiary/aromatic N) is 1. The zero-order chi connectivity index (χ0) is 13.9. The summed E-state index contributed by atoms with van der Waals surface area (Å²) >= 11 is 0. The van der Waals surface area contributed by atoms with E-state index in [1.54, 1.807) is 0 Å². The summed E-state index contributed by atoms with van der Waals surface area (Å²) in [5.41, 5.74) is 1.04. The van der Waals surface area contributed by atoms with E-state index in [-0.39, 0.29) is 0 Å². The molecule has 2 nitrogen and oxygen atoms in total. The molecule has 1 fully saturated rings. The molecule has 1 aliphatic rings. The smallest absolute Gasteiger partial charge is 0.0922 e. The molecule has 0 aliphatic heterocycles. The van der Waals surface area contributed by atoms with Crippen molar-refractivity contribution in [2.45, 2.75) is 25.4 Å². The first-order valence-corrected chi connectivity index (χ1v) is 7.58. The molecule has 0 radical (unpaired) electrons. The standard InChI is InChI=1S/C18H23NO/c1-19(12-14-6-4-7-14)13-18(20)17-11-5-9-15-8-2-3-10-16(15)17/h2-3,5,8-11,14,18,20H,4,6-7,12-13H2,1H3. The predicted octanol–water partition coefficient (Wildman–Crippen LogP) is 3.61. The average molecular weight is 269 g/mol. The minimum absolute atomic E-state index is 0.411. The second-order valence-corrected chi connectivity index (χ2v) is 6.10. The van der Waals surface area contributed by atoms with Gasteiger partial charge in [-0.05, 0) is 42.1 Å². The van der Waals surface area contributed by atoms with E-state index in [0.717, 1.165) is 18.0 Å². The van der Waals surface area contributed by atoms with Crippen molar-refractivity contribution >= 4 is 10.8 Å². The zero-order valence-corrected chi connectivity index (χ0v) is 12.1. The topological polar surface area (TPSA) is 23.5 Å². The molecular weight excluding hydrogens is 246 g/mol. The van der Waals surface area contributed by atoms with Gasteiger partial charge in [-0.3, -0.25) is 0 Å². The van der Waals surface area contributed by atoms with Crippen LogP contribution in [0.25, 0.3) is 10.8 Å². The van der Waals surface area contributed by atoms with Crippen LogP contribution in [0.3, 0.4) is 0 Å². The molecule has 1 N–H and O–H groups in total. The Morgan fingerprint density at radius 1 is 1.15 bits per heavy atom. The number of hydrogen-bond donors (Lipinski definition) is 1. The molecule has 0 heterocycles. The van der Waals surface area contributed by atoms with E-state index < -0.39 is 6.10 Å². The molecule has 1 atom stereocenters. The Labute approximate surface area is 121 Å². The summed E-state index contributed by atoms with van der Waals surface area (Å²) in [4.78, 5) is 2.27. The van der Waals surface area contributed by atoms with Crippen LogP contribution >= 0.6 is 0 Å². The van der Waals surface area contributed by atoms with Gasteiger partial charge in [-0.25, -0.2) is 0 Å². The van der Waals surface area contributed by atoms with Gasteiger partial charge < -0.3 is 10.0 Å². The molecule has 1 aliphatic carbocycles. The summed E-state index contributed by atoms with van der Waals surface area (Å²) in [7, 11) is 2.12. The summed E-state index contributed by atoms with van der Waals surface area (Å²) in [5.74, 6) is 0.847. The largest absolute Gasteiger partial charge is 0.387 e. The lowest BCUT2D eigenvalue weighted by Crippen LogP contribution is -2.32. The molecule has 0 saturated heterocycles. The molecule has 0 bridgehead atoms. The van der Waals surface area contributed by atoms with E-state index >= 15 is 0 Å². The van der Waals surface area contributed by atoms with Crippen molar-refractivity contribution in [1.82, 2.24) is 4.90 Å². The monoisotopic (exact) mass is 269 g/mol. The second kappa shape index (κ2) is 5.94. The lowest BCUT2D eigenvalue weighted by Gasteiger charge is -2.31. The van der Waals surface area contributed by atoms with Gasteiger partial charge in [0.15, 0.2) is 0 Å². The number of rotatable bonds is 5. The van der Waals surface area contributed by atoms with E-state index in [0.29, 0.717) is 6.54 Å². The van der Waals surface area contributed by atoms with Gasteiger partial charge in [0.05, 0.1) is 6.10 Å². The molecule has 2 aromatic carbocycles. The fourth-order valence-corrected chi connectivity index (χ4v) is 3.13. The Hall–Kier alpha value is -1.38. The molecule has 0 spiro atoms. The van der Waals surface area contributed by atoms with Crippen LogP contribution in [-0.2, 0) is 0 Å². The van der Waals surface area contributed by atoms with Crippen LogP contribution in [0.5, 0.6) is 0 Å². The van der Waals surface area contributed by atoms with E-state index in [4.69, 9.17) is 0 Å². The molecule has 20 heavy (non-hydrogen) atoms. The maximum absolute atomic E-state index is 10.6. The van der Waals surface area contributed by atoms with Gasteiger partial charge in [0.1, 0.15) is 0 Å². The Balaban J connectivity index is 1.72. The van der Waals surface area contributed by atoms with Crippen molar-refractivity contribution in [3.05, 3.63) is 48.0 Å². The zero-order valence-electron chi connectivity index (χ0n) is 12.1. The lowest BCUT2D eigenvalue weighted by molar-refractivity contribution is 0.108. The number of aliphatic hydroxyl groups is 1. The number of benzene rings is 2. The Kier molecular flexibility index (Phi) is 4.04. The van der Waals surface area contributed by atoms with Gasteiger partial charge in [0, 0.05) is 13.1 Å². The molecule has 2 heteroatoms. The fraction of sp³-hybridized carbons (Fsp3) is 0.444. The summed E-state index contributed by atoms with van der Waals surface area (Å²) < 4.78 is 0. The number of likely N-dealkylation sites (N-methyl/N-ethyl adjacent to an activating group) is 1. The maximum atomic E-state index is 10.6. The summed E-state index contributed by atoms with van der Waals surface area (Å²) in [6, 6.07) is 14.5.